The first-order valence-corrected chi connectivity index (χ1v) is 8.06. The summed E-state index contributed by atoms with van der Waals surface area (Å²) in [7, 11) is 1.12. The number of aryl methyl sites for hydroxylation is 2. The standard InChI is InChI=1S/C18H20N2O7/c1-10-15(11(2)27-20-10)9-25-14-7-5-13(6-8-14)17(22)26-12(3)16(21)19-18(23)24-4/h5-8,12H,9H2,1-4H3,(H,19,21,23)/t12-/m0/s1. The number of rotatable bonds is 6. The molecule has 1 heterocycles. The topological polar surface area (TPSA) is 117 Å². The maximum Gasteiger partial charge on any atom is 0.413 e. The first-order chi connectivity index (χ1) is 12.8. The van der Waals surface area contributed by atoms with Gasteiger partial charge in [0, 0.05) is 0 Å². The van der Waals surface area contributed by atoms with E-state index in [1.807, 2.05) is 12.2 Å². The van der Waals surface area contributed by atoms with Crippen molar-refractivity contribution in [1.29, 1.82) is 0 Å². The second-order valence-electron chi connectivity index (χ2n) is 5.64. The molecule has 0 saturated heterocycles. The highest BCUT2D eigenvalue weighted by Crippen LogP contribution is 2.18. The number of nitrogens with one attached hydrogen (secondary N) is 1. The van der Waals surface area contributed by atoms with Crippen LogP contribution in [-0.4, -0.2) is 36.3 Å². The van der Waals surface area contributed by atoms with E-state index >= 15 is 0 Å². The van der Waals surface area contributed by atoms with Gasteiger partial charge in [-0.3, -0.25) is 10.1 Å². The summed E-state index contributed by atoms with van der Waals surface area (Å²) in [6.45, 7) is 5.26. The molecule has 144 valence electrons. The highest BCUT2D eigenvalue weighted by Gasteiger charge is 2.21. The van der Waals surface area contributed by atoms with E-state index in [9.17, 15) is 14.4 Å². The molecule has 2 amide bonds. The lowest BCUT2D eigenvalue weighted by atomic mass is 10.2. The molecule has 2 rings (SSSR count). The number of imide groups is 1. The van der Waals surface area contributed by atoms with Crippen LogP contribution < -0.4 is 10.1 Å². The van der Waals surface area contributed by atoms with Gasteiger partial charge < -0.3 is 18.7 Å². The fourth-order valence-corrected chi connectivity index (χ4v) is 2.09. The average molecular weight is 376 g/mol. The van der Waals surface area contributed by atoms with Crippen LogP contribution in [0.3, 0.4) is 0 Å². The third-order valence-electron chi connectivity index (χ3n) is 3.72. The fourth-order valence-electron chi connectivity index (χ4n) is 2.09. The molecule has 0 radical (unpaired) electrons. The molecule has 0 aliphatic heterocycles. The molecule has 9 nitrogen and oxygen atoms in total. The Balaban J connectivity index is 1.91. The van der Waals surface area contributed by atoms with E-state index in [1.54, 1.807) is 19.1 Å². The Hall–Kier alpha value is -3.36. The zero-order valence-electron chi connectivity index (χ0n) is 15.4. The van der Waals surface area contributed by atoms with Gasteiger partial charge in [0.25, 0.3) is 5.91 Å². The summed E-state index contributed by atoms with van der Waals surface area (Å²) in [6.07, 6.45) is -2.09. The third kappa shape index (κ3) is 5.30. The van der Waals surface area contributed by atoms with Gasteiger partial charge in [-0.1, -0.05) is 5.16 Å². The predicted molar refractivity (Wildman–Crippen MR) is 92.2 cm³/mol. The average Bonchev–Trinajstić information content (AvgIpc) is 2.97. The largest absolute Gasteiger partial charge is 0.489 e. The zero-order valence-corrected chi connectivity index (χ0v) is 15.4. The van der Waals surface area contributed by atoms with Crippen LogP contribution >= 0.6 is 0 Å². The number of carbonyl (C=O) groups is 3. The quantitative estimate of drug-likeness (QED) is 0.763. The summed E-state index contributed by atoms with van der Waals surface area (Å²) in [5.41, 5.74) is 1.85. The summed E-state index contributed by atoms with van der Waals surface area (Å²) in [4.78, 5) is 34.7. The molecule has 1 N–H and O–H groups in total. The number of esters is 1. The van der Waals surface area contributed by atoms with Gasteiger partial charge in [0.05, 0.1) is 23.9 Å². The van der Waals surface area contributed by atoms with Crippen molar-refractivity contribution in [2.75, 3.05) is 7.11 Å². The van der Waals surface area contributed by atoms with Crippen LogP contribution in [-0.2, 0) is 20.9 Å². The van der Waals surface area contributed by atoms with Crippen molar-refractivity contribution in [2.24, 2.45) is 0 Å². The van der Waals surface area contributed by atoms with Crippen LogP contribution in [0.25, 0.3) is 0 Å². The van der Waals surface area contributed by atoms with Crippen LogP contribution in [0.5, 0.6) is 5.75 Å². The van der Waals surface area contributed by atoms with E-state index < -0.39 is 24.1 Å². The fraction of sp³-hybridized carbons (Fsp3) is 0.333. The predicted octanol–water partition coefficient (Wildman–Crippen LogP) is 2.30. The summed E-state index contributed by atoms with van der Waals surface area (Å²) < 4.78 is 20.0. The molecule has 27 heavy (non-hydrogen) atoms. The van der Waals surface area contributed by atoms with Crippen molar-refractivity contribution in [3.8, 4) is 5.75 Å². The van der Waals surface area contributed by atoms with E-state index in [1.165, 1.54) is 19.1 Å². The van der Waals surface area contributed by atoms with E-state index in [0.29, 0.717) is 11.5 Å². The van der Waals surface area contributed by atoms with Gasteiger partial charge in [0.2, 0.25) is 0 Å². The molecular weight excluding hydrogens is 356 g/mol. The van der Waals surface area contributed by atoms with E-state index in [2.05, 4.69) is 9.89 Å². The molecule has 2 aromatic rings. The first kappa shape index (κ1) is 20.0. The van der Waals surface area contributed by atoms with Gasteiger partial charge in [-0.25, -0.2) is 9.59 Å². The smallest absolute Gasteiger partial charge is 0.413 e. The molecule has 0 bridgehead atoms. The minimum atomic E-state index is -1.16. The minimum absolute atomic E-state index is 0.234. The number of carbonyl (C=O) groups excluding carboxylic acids is 3. The van der Waals surface area contributed by atoms with Gasteiger partial charge in [-0.15, -0.1) is 0 Å². The van der Waals surface area contributed by atoms with E-state index in [-0.39, 0.29) is 12.2 Å². The lowest BCUT2D eigenvalue weighted by Crippen LogP contribution is -2.39. The van der Waals surface area contributed by atoms with Crippen molar-refractivity contribution < 1.29 is 33.1 Å². The number of hydrogen-bond acceptors (Lipinski definition) is 8. The maximum atomic E-state index is 12.1. The molecule has 0 fully saturated rings. The molecule has 1 aromatic carbocycles. The monoisotopic (exact) mass is 376 g/mol. The second kappa shape index (κ2) is 8.84. The Kier molecular flexibility index (Phi) is 6.53. The molecule has 1 aromatic heterocycles. The minimum Gasteiger partial charge on any atom is -0.489 e. The van der Waals surface area contributed by atoms with Crippen molar-refractivity contribution in [3.05, 3.63) is 46.8 Å². The Morgan fingerprint density at radius 2 is 1.85 bits per heavy atom. The molecule has 0 aliphatic rings. The number of amides is 2. The number of hydrogen-bond donors (Lipinski definition) is 1. The highest BCUT2D eigenvalue weighted by atomic mass is 16.6. The zero-order chi connectivity index (χ0) is 20.0. The lowest BCUT2D eigenvalue weighted by molar-refractivity contribution is -0.128. The van der Waals surface area contributed by atoms with Crippen molar-refractivity contribution >= 4 is 18.0 Å². The summed E-state index contributed by atoms with van der Waals surface area (Å²) in [5, 5.41) is 5.78. The van der Waals surface area contributed by atoms with Crippen molar-refractivity contribution in [2.45, 2.75) is 33.5 Å². The van der Waals surface area contributed by atoms with E-state index in [0.717, 1.165) is 18.4 Å². The van der Waals surface area contributed by atoms with Gasteiger partial charge >= 0.3 is 12.1 Å². The Bertz CT molecular complexity index is 807. The molecule has 0 aliphatic carbocycles. The molecule has 0 saturated carbocycles. The van der Waals surface area contributed by atoms with Crippen LogP contribution in [0.4, 0.5) is 4.79 Å². The van der Waals surface area contributed by atoms with Crippen LogP contribution in [0.2, 0.25) is 0 Å². The van der Waals surface area contributed by atoms with Crippen LogP contribution in [0.1, 0.15) is 34.3 Å². The number of benzene rings is 1. The lowest BCUT2D eigenvalue weighted by Gasteiger charge is -2.12. The molecule has 0 spiro atoms. The van der Waals surface area contributed by atoms with Gasteiger partial charge in [0.1, 0.15) is 18.1 Å². The van der Waals surface area contributed by atoms with Gasteiger partial charge in [-0.05, 0) is 45.0 Å². The normalized spacial score (nSPS) is 11.4. The Morgan fingerprint density at radius 1 is 1.19 bits per heavy atom. The Labute approximate surface area is 155 Å². The van der Waals surface area contributed by atoms with Gasteiger partial charge in [0.15, 0.2) is 6.10 Å². The Morgan fingerprint density at radius 3 is 2.41 bits per heavy atom. The van der Waals surface area contributed by atoms with E-state index in [4.69, 9.17) is 14.0 Å². The number of aromatic nitrogens is 1. The van der Waals surface area contributed by atoms with Gasteiger partial charge in [-0.2, -0.15) is 0 Å². The first-order valence-electron chi connectivity index (χ1n) is 8.06. The summed E-state index contributed by atoms with van der Waals surface area (Å²) in [6, 6.07) is 6.23. The third-order valence-corrected chi connectivity index (χ3v) is 3.72. The molecular formula is C18H20N2O7. The summed E-state index contributed by atoms with van der Waals surface area (Å²) >= 11 is 0. The number of nitrogens with zero attached hydrogens (tertiary/aromatic N) is 1. The summed E-state index contributed by atoms with van der Waals surface area (Å²) in [5.74, 6) is -0.260. The number of alkyl carbamates (subject to hydrolysis) is 1. The number of methoxy groups -OCH3 is 1. The van der Waals surface area contributed by atoms with Crippen molar-refractivity contribution in [1.82, 2.24) is 10.5 Å². The second-order valence-corrected chi connectivity index (χ2v) is 5.64. The molecule has 1 atom stereocenters. The molecule has 9 heteroatoms. The van der Waals surface area contributed by atoms with Crippen LogP contribution in [0, 0.1) is 13.8 Å². The molecule has 0 unspecified atom stereocenters. The van der Waals surface area contributed by atoms with Crippen molar-refractivity contribution in [3.63, 3.8) is 0 Å². The maximum absolute atomic E-state index is 12.1. The SMILES string of the molecule is COC(=O)NC(=O)[C@H](C)OC(=O)c1ccc(OCc2c(C)noc2C)cc1. The number of ether oxygens (including phenoxy) is 3. The highest BCUT2D eigenvalue weighted by molar-refractivity contribution is 5.97. The van der Waals surface area contributed by atoms with Crippen LogP contribution in [0.15, 0.2) is 28.8 Å².